The summed E-state index contributed by atoms with van der Waals surface area (Å²) in [4.78, 5) is 0. The van der Waals surface area contributed by atoms with Crippen LogP contribution in [0.3, 0.4) is 0 Å². The van der Waals surface area contributed by atoms with Crippen molar-refractivity contribution < 1.29 is 0 Å². The lowest BCUT2D eigenvalue weighted by Crippen LogP contribution is -2.05. The molecule has 0 fully saturated rings. The van der Waals surface area contributed by atoms with Crippen molar-refractivity contribution in [2.45, 2.75) is 6.54 Å². The molecule has 0 aliphatic carbocycles. The molecular weight excluding hydrogens is 233 g/mol. The normalized spacial score (nSPS) is 10.5. The predicted molar refractivity (Wildman–Crippen MR) is 62.2 cm³/mol. The Bertz CT molecular complexity index is 479. The molecule has 0 bridgehead atoms. The highest BCUT2D eigenvalue weighted by Crippen LogP contribution is 2.21. The maximum atomic E-state index is 6.02. The first-order valence-electron chi connectivity index (χ1n) is 4.38. The van der Waals surface area contributed by atoms with Gasteiger partial charge in [0, 0.05) is 10.0 Å². The Morgan fingerprint density at radius 1 is 1.27 bits per heavy atom. The van der Waals surface area contributed by atoms with Crippen LogP contribution in [-0.2, 0) is 6.54 Å². The molecule has 1 aromatic heterocycles. The van der Waals surface area contributed by atoms with E-state index in [2.05, 4.69) is 5.10 Å². The summed E-state index contributed by atoms with van der Waals surface area (Å²) in [6, 6.07) is 7.06. The Labute approximate surface area is 97.4 Å². The van der Waals surface area contributed by atoms with Gasteiger partial charge in [-0.3, -0.25) is 0 Å². The molecule has 0 spiro atoms. The first-order chi connectivity index (χ1) is 7.16. The zero-order chi connectivity index (χ0) is 10.8. The number of nitrogens with two attached hydrogens (primary N) is 1. The SMILES string of the molecule is Nc1ccnn1Cc1cc(Cl)ccc1Cl. The minimum atomic E-state index is 0.526. The molecule has 15 heavy (non-hydrogen) atoms. The molecule has 0 aliphatic rings. The number of halogens is 2. The topological polar surface area (TPSA) is 43.8 Å². The van der Waals surface area contributed by atoms with E-state index in [1.807, 2.05) is 6.07 Å². The monoisotopic (exact) mass is 241 g/mol. The lowest BCUT2D eigenvalue weighted by molar-refractivity contribution is 0.697. The molecule has 0 unspecified atom stereocenters. The van der Waals surface area contributed by atoms with Crippen molar-refractivity contribution in [3.8, 4) is 0 Å². The number of rotatable bonds is 2. The van der Waals surface area contributed by atoms with E-state index in [0.717, 1.165) is 5.56 Å². The summed E-state index contributed by atoms with van der Waals surface area (Å²) in [6.45, 7) is 0.526. The van der Waals surface area contributed by atoms with Crippen LogP contribution in [0.15, 0.2) is 30.5 Å². The molecule has 5 heteroatoms. The Morgan fingerprint density at radius 3 is 2.73 bits per heavy atom. The van der Waals surface area contributed by atoms with Gasteiger partial charge in [-0.25, -0.2) is 4.68 Å². The largest absolute Gasteiger partial charge is 0.384 e. The van der Waals surface area contributed by atoms with Gasteiger partial charge in [-0.05, 0) is 29.8 Å². The Hall–Kier alpha value is -1.19. The minimum absolute atomic E-state index is 0.526. The van der Waals surface area contributed by atoms with Gasteiger partial charge in [0.25, 0.3) is 0 Å². The summed E-state index contributed by atoms with van der Waals surface area (Å²) in [7, 11) is 0. The van der Waals surface area contributed by atoms with Crippen LogP contribution in [0.25, 0.3) is 0 Å². The smallest absolute Gasteiger partial charge is 0.122 e. The molecule has 78 valence electrons. The predicted octanol–water partition coefficient (Wildman–Crippen LogP) is 2.82. The summed E-state index contributed by atoms with van der Waals surface area (Å²) in [5.41, 5.74) is 6.60. The van der Waals surface area contributed by atoms with Crippen molar-refractivity contribution >= 4 is 29.0 Å². The Kier molecular flexibility index (Phi) is 2.84. The molecule has 0 amide bonds. The molecule has 0 atom stereocenters. The van der Waals surface area contributed by atoms with E-state index in [4.69, 9.17) is 28.9 Å². The molecule has 2 N–H and O–H groups in total. The standard InChI is InChI=1S/C10H9Cl2N3/c11-8-1-2-9(12)7(5-8)6-15-10(13)3-4-14-15/h1-5H,6,13H2. The van der Waals surface area contributed by atoms with Crippen LogP contribution in [-0.4, -0.2) is 9.78 Å². The van der Waals surface area contributed by atoms with Gasteiger partial charge in [-0.2, -0.15) is 5.10 Å². The highest BCUT2D eigenvalue weighted by atomic mass is 35.5. The number of aromatic nitrogens is 2. The van der Waals surface area contributed by atoms with Crippen LogP contribution < -0.4 is 5.73 Å². The van der Waals surface area contributed by atoms with Crippen LogP contribution in [0.1, 0.15) is 5.56 Å². The summed E-state index contributed by atoms with van der Waals surface area (Å²) >= 11 is 11.9. The summed E-state index contributed by atoms with van der Waals surface area (Å²) in [5.74, 6) is 0.603. The van der Waals surface area contributed by atoms with Crippen LogP contribution >= 0.6 is 23.2 Å². The van der Waals surface area contributed by atoms with E-state index < -0.39 is 0 Å². The second-order valence-corrected chi connectivity index (χ2v) is 3.99. The average Bonchev–Trinajstić information content (AvgIpc) is 2.58. The van der Waals surface area contributed by atoms with E-state index in [1.165, 1.54) is 0 Å². The summed E-state index contributed by atoms with van der Waals surface area (Å²) in [5, 5.41) is 5.39. The molecule has 2 aromatic rings. The van der Waals surface area contributed by atoms with E-state index in [0.29, 0.717) is 22.4 Å². The van der Waals surface area contributed by atoms with Crippen molar-refractivity contribution in [3.05, 3.63) is 46.1 Å². The van der Waals surface area contributed by atoms with Gasteiger partial charge in [-0.15, -0.1) is 0 Å². The van der Waals surface area contributed by atoms with Gasteiger partial charge < -0.3 is 5.73 Å². The van der Waals surface area contributed by atoms with Crippen molar-refractivity contribution in [1.82, 2.24) is 9.78 Å². The van der Waals surface area contributed by atoms with Gasteiger partial charge in [-0.1, -0.05) is 23.2 Å². The van der Waals surface area contributed by atoms with Crippen molar-refractivity contribution in [2.75, 3.05) is 5.73 Å². The fraction of sp³-hybridized carbons (Fsp3) is 0.100. The van der Waals surface area contributed by atoms with E-state index in [9.17, 15) is 0 Å². The number of nitrogen functional groups attached to an aromatic ring is 1. The van der Waals surface area contributed by atoms with Gasteiger partial charge in [0.15, 0.2) is 0 Å². The Balaban J connectivity index is 2.32. The second kappa shape index (κ2) is 4.13. The molecular formula is C10H9Cl2N3. The highest BCUT2D eigenvalue weighted by Gasteiger charge is 2.04. The maximum Gasteiger partial charge on any atom is 0.122 e. The van der Waals surface area contributed by atoms with Gasteiger partial charge >= 0.3 is 0 Å². The quantitative estimate of drug-likeness (QED) is 0.879. The molecule has 3 nitrogen and oxygen atoms in total. The van der Waals surface area contributed by atoms with E-state index in [1.54, 1.807) is 29.1 Å². The van der Waals surface area contributed by atoms with Gasteiger partial charge in [0.1, 0.15) is 5.82 Å². The van der Waals surface area contributed by atoms with Gasteiger partial charge in [0.2, 0.25) is 0 Å². The fourth-order valence-corrected chi connectivity index (χ4v) is 1.67. The third-order valence-corrected chi connectivity index (χ3v) is 2.68. The first kappa shape index (κ1) is 10.3. The zero-order valence-corrected chi connectivity index (χ0v) is 9.33. The number of anilines is 1. The second-order valence-electron chi connectivity index (χ2n) is 3.15. The molecule has 1 aromatic carbocycles. The van der Waals surface area contributed by atoms with E-state index in [-0.39, 0.29) is 0 Å². The van der Waals surface area contributed by atoms with Crippen molar-refractivity contribution in [2.24, 2.45) is 0 Å². The average molecular weight is 242 g/mol. The van der Waals surface area contributed by atoms with Crippen LogP contribution in [0.5, 0.6) is 0 Å². The maximum absolute atomic E-state index is 6.02. The van der Waals surface area contributed by atoms with Gasteiger partial charge in [0.05, 0.1) is 12.7 Å². The summed E-state index contributed by atoms with van der Waals surface area (Å²) < 4.78 is 1.66. The third kappa shape index (κ3) is 2.25. The van der Waals surface area contributed by atoms with Crippen molar-refractivity contribution in [1.29, 1.82) is 0 Å². The lowest BCUT2D eigenvalue weighted by atomic mass is 10.2. The van der Waals surface area contributed by atoms with Crippen LogP contribution in [0.2, 0.25) is 10.0 Å². The molecule has 0 radical (unpaired) electrons. The molecule has 1 heterocycles. The van der Waals surface area contributed by atoms with Crippen LogP contribution in [0, 0.1) is 0 Å². The molecule has 0 saturated carbocycles. The number of benzene rings is 1. The molecule has 0 saturated heterocycles. The molecule has 2 rings (SSSR count). The third-order valence-electron chi connectivity index (χ3n) is 2.08. The minimum Gasteiger partial charge on any atom is -0.384 e. The first-order valence-corrected chi connectivity index (χ1v) is 5.13. The lowest BCUT2D eigenvalue weighted by Gasteiger charge is -2.06. The summed E-state index contributed by atoms with van der Waals surface area (Å²) in [6.07, 6.45) is 1.65. The highest BCUT2D eigenvalue weighted by molar-refractivity contribution is 6.33. The zero-order valence-electron chi connectivity index (χ0n) is 7.82. The van der Waals surface area contributed by atoms with E-state index >= 15 is 0 Å². The Morgan fingerprint density at radius 2 is 2.07 bits per heavy atom. The molecule has 0 aliphatic heterocycles. The number of hydrogen-bond acceptors (Lipinski definition) is 2. The number of hydrogen-bond donors (Lipinski definition) is 1. The van der Waals surface area contributed by atoms with Crippen molar-refractivity contribution in [3.63, 3.8) is 0 Å². The fourth-order valence-electron chi connectivity index (χ4n) is 1.30. The van der Waals surface area contributed by atoms with Crippen LogP contribution in [0.4, 0.5) is 5.82 Å². The number of nitrogens with zero attached hydrogens (tertiary/aromatic N) is 2.